The van der Waals surface area contributed by atoms with Gasteiger partial charge in [-0.15, -0.1) is 0 Å². The van der Waals surface area contributed by atoms with Gasteiger partial charge in [-0.05, 0) is 57.0 Å². The van der Waals surface area contributed by atoms with Gasteiger partial charge in [0.15, 0.2) is 5.65 Å². The Balaban J connectivity index is 1.62. The van der Waals surface area contributed by atoms with Crippen LogP contribution in [0.1, 0.15) is 56.6 Å². The highest BCUT2D eigenvalue weighted by molar-refractivity contribution is 5.93. The van der Waals surface area contributed by atoms with Gasteiger partial charge in [0, 0.05) is 36.8 Å². The van der Waals surface area contributed by atoms with Crippen LogP contribution in [0.25, 0.3) is 16.9 Å². The van der Waals surface area contributed by atoms with Crippen LogP contribution in [0.4, 0.5) is 4.39 Å². The number of benzene rings is 1. The van der Waals surface area contributed by atoms with Crippen molar-refractivity contribution in [1.29, 1.82) is 0 Å². The van der Waals surface area contributed by atoms with Crippen molar-refractivity contribution < 1.29 is 19.1 Å². The van der Waals surface area contributed by atoms with E-state index in [0.717, 1.165) is 11.1 Å². The summed E-state index contributed by atoms with van der Waals surface area (Å²) in [5, 5.41) is 14.7. The van der Waals surface area contributed by atoms with Crippen LogP contribution in [0, 0.1) is 5.82 Å². The molecule has 1 N–H and O–H groups in total. The Morgan fingerprint density at radius 3 is 2.44 bits per heavy atom. The third kappa shape index (κ3) is 4.52. The molecule has 34 heavy (non-hydrogen) atoms. The number of amides is 2. The predicted molar refractivity (Wildman–Crippen MR) is 126 cm³/mol. The fraction of sp³-hybridized carbons (Fsp3) is 0.440. The van der Waals surface area contributed by atoms with Crippen molar-refractivity contribution >= 4 is 17.5 Å². The first-order valence-corrected chi connectivity index (χ1v) is 11.4. The van der Waals surface area contributed by atoms with Gasteiger partial charge in [-0.1, -0.05) is 13.8 Å². The summed E-state index contributed by atoms with van der Waals surface area (Å²) in [6, 6.07) is 7.82. The van der Waals surface area contributed by atoms with Crippen molar-refractivity contribution in [3.63, 3.8) is 0 Å². The molecule has 1 atom stereocenters. The number of rotatable bonds is 4. The smallest absolute Gasteiger partial charge is 0.274 e. The van der Waals surface area contributed by atoms with Crippen LogP contribution in [0.5, 0.6) is 0 Å². The fourth-order valence-corrected chi connectivity index (χ4v) is 4.25. The van der Waals surface area contributed by atoms with Crippen LogP contribution in [-0.4, -0.2) is 72.6 Å². The van der Waals surface area contributed by atoms with Gasteiger partial charge < -0.3 is 14.9 Å². The van der Waals surface area contributed by atoms with Crippen LogP contribution >= 0.6 is 0 Å². The molecule has 1 fully saturated rings. The van der Waals surface area contributed by atoms with E-state index in [-0.39, 0.29) is 35.3 Å². The molecule has 0 bridgehead atoms. The van der Waals surface area contributed by atoms with Gasteiger partial charge in [0.2, 0.25) is 0 Å². The summed E-state index contributed by atoms with van der Waals surface area (Å²) < 4.78 is 15.0. The summed E-state index contributed by atoms with van der Waals surface area (Å²) in [4.78, 5) is 33.7. The summed E-state index contributed by atoms with van der Waals surface area (Å²) in [6.07, 6.45) is 1.62. The van der Waals surface area contributed by atoms with Gasteiger partial charge in [-0.25, -0.2) is 13.9 Å². The predicted octanol–water partition coefficient (Wildman–Crippen LogP) is 3.10. The number of fused-ring (bicyclic) bond motifs is 1. The quantitative estimate of drug-likeness (QED) is 0.637. The third-order valence-corrected chi connectivity index (χ3v) is 6.13. The van der Waals surface area contributed by atoms with Gasteiger partial charge in [-0.3, -0.25) is 9.59 Å². The summed E-state index contributed by atoms with van der Waals surface area (Å²) in [5.74, 6) is -0.765. The van der Waals surface area contributed by atoms with E-state index in [1.165, 1.54) is 26.0 Å². The van der Waals surface area contributed by atoms with E-state index < -0.39 is 5.60 Å². The molecule has 0 unspecified atom stereocenters. The Hall–Kier alpha value is -3.33. The van der Waals surface area contributed by atoms with Gasteiger partial charge in [0.25, 0.3) is 11.8 Å². The van der Waals surface area contributed by atoms with E-state index in [4.69, 9.17) is 0 Å². The molecule has 1 aromatic carbocycles. The highest BCUT2D eigenvalue weighted by Gasteiger charge is 2.36. The third-order valence-electron chi connectivity index (χ3n) is 6.13. The number of hydrogen-bond acceptors (Lipinski definition) is 5. The van der Waals surface area contributed by atoms with Gasteiger partial charge in [-0.2, -0.15) is 5.10 Å². The van der Waals surface area contributed by atoms with Crippen molar-refractivity contribution in [3.8, 4) is 11.3 Å². The van der Waals surface area contributed by atoms with Crippen molar-refractivity contribution in [2.24, 2.45) is 0 Å². The van der Waals surface area contributed by atoms with E-state index >= 15 is 0 Å². The topological polar surface area (TPSA) is 91.0 Å². The maximum atomic E-state index is 13.4. The second-order valence-electron chi connectivity index (χ2n) is 9.70. The van der Waals surface area contributed by atoms with Gasteiger partial charge in [0.05, 0.1) is 11.9 Å². The number of aliphatic hydroxyl groups is 1. The second-order valence-corrected chi connectivity index (χ2v) is 9.70. The molecule has 180 valence electrons. The van der Waals surface area contributed by atoms with Gasteiger partial charge in [0.1, 0.15) is 17.1 Å². The van der Waals surface area contributed by atoms with Crippen LogP contribution < -0.4 is 0 Å². The summed E-state index contributed by atoms with van der Waals surface area (Å²) in [6.45, 7) is 9.92. The highest BCUT2D eigenvalue weighted by atomic mass is 19.1. The Morgan fingerprint density at radius 1 is 1.18 bits per heavy atom. The molecule has 0 aliphatic carbocycles. The zero-order valence-corrected chi connectivity index (χ0v) is 20.1. The molecule has 4 rings (SSSR count). The molecule has 3 aromatic rings. The lowest BCUT2D eigenvalue weighted by molar-refractivity contribution is -0.152. The van der Waals surface area contributed by atoms with E-state index in [2.05, 4.69) is 10.1 Å². The lowest BCUT2D eigenvalue weighted by Crippen LogP contribution is -2.59. The standard InChI is InChI=1S/C25H30FN5O3/c1-15(2)19-12-20(17-6-8-18(26)9-7-17)28-31-14-21(27-22(19)31)23(32)29-10-11-30(16(3)13-29)24(33)25(4,5)34/h6-9,12,14-16,34H,10-11,13H2,1-5H3/t16-/m0/s1. The van der Waals surface area contributed by atoms with Crippen LogP contribution in [0.15, 0.2) is 36.5 Å². The molecular formula is C25H30FN5O3. The maximum absolute atomic E-state index is 13.4. The SMILES string of the molecule is CC(C)c1cc(-c2ccc(F)cc2)nn2cc(C(=O)N3CCN(C(=O)C(C)(C)O)[C@@H](C)C3)nc12. The number of carbonyl (C=O) groups is 2. The molecule has 0 radical (unpaired) electrons. The maximum Gasteiger partial charge on any atom is 0.274 e. The molecule has 2 amide bonds. The first-order chi connectivity index (χ1) is 16.0. The first kappa shape index (κ1) is 23.8. The largest absolute Gasteiger partial charge is 0.381 e. The number of piperazine rings is 1. The Bertz CT molecular complexity index is 1230. The van der Waals surface area contributed by atoms with Crippen LogP contribution in [0.2, 0.25) is 0 Å². The lowest BCUT2D eigenvalue weighted by Gasteiger charge is -2.41. The molecular weight excluding hydrogens is 437 g/mol. The number of hydrogen-bond donors (Lipinski definition) is 1. The number of aromatic nitrogens is 3. The molecule has 0 spiro atoms. The normalized spacial score (nSPS) is 17.0. The molecule has 3 heterocycles. The Labute approximate surface area is 198 Å². The van der Waals surface area contributed by atoms with E-state index in [1.54, 1.807) is 32.6 Å². The number of nitrogens with zero attached hydrogens (tertiary/aromatic N) is 5. The van der Waals surface area contributed by atoms with Crippen LogP contribution in [0.3, 0.4) is 0 Å². The van der Waals surface area contributed by atoms with Crippen molar-refractivity contribution in [1.82, 2.24) is 24.4 Å². The highest BCUT2D eigenvalue weighted by Crippen LogP contribution is 2.26. The van der Waals surface area contributed by atoms with Crippen molar-refractivity contribution in [2.75, 3.05) is 19.6 Å². The van der Waals surface area contributed by atoms with Crippen molar-refractivity contribution in [2.45, 2.75) is 52.2 Å². The fourth-order valence-electron chi connectivity index (χ4n) is 4.25. The molecule has 1 saturated heterocycles. The molecule has 0 saturated carbocycles. The molecule has 9 heteroatoms. The Morgan fingerprint density at radius 2 is 1.85 bits per heavy atom. The second kappa shape index (κ2) is 8.79. The molecule has 8 nitrogen and oxygen atoms in total. The summed E-state index contributed by atoms with van der Waals surface area (Å²) in [7, 11) is 0. The Kier molecular flexibility index (Phi) is 6.16. The first-order valence-electron chi connectivity index (χ1n) is 11.4. The zero-order chi connectivity index (χ0) is 24.8. The molecule has 1 aliphatic heterocycles. The van der Waals surface area contributed by atoms with Gasteiger partial charge >= 0.3 is 0 Å². The minimum Gasteiger partial charge on any atom is -0.381 e. The zero-order valence-electron chi connectivity index (χ0n) is 20.1. The van der Waals surface area contributed by atoms with E-state index in [9.17, 15) is 19.1 Å². The minimum absolute atomic E-state index is 0.131. The number of imidazole rings is 1. The van der Waals surface area contributed by atoms with E-state index in [0.29, 0.717) is 31.0 Å². The average Bonchev–Trinajstić information content (AvgIpc) is 3.21. The lowest BCUT2D eigenvalue weighted by atomic mass is 10.0. The monoisotopic (exact) mass is 467 g/mol. The number of halogens is 1. The molecule has 2 aromatic heterocycles. The van der Waals surface area contributed by atoms with Crippen molar-refractivity contribution in [3.05, 3.63) is 53.6 Å². The summed E-state index contributed by atoms with van der Waals surface area (Å²) >= 11 is 0. The van der Waals surface area contributed by atoms with Crippen LogP contribution in [-0.2, 0) is 4.79 Å². The molecule has 1 aliphatic rings. The minimum atomic E-state index is -1.46. The number of carbonyl (C=O) groups excluding carboxylic acids is 2. The van der Waals surface area contributed by atoms with E-state index in [1.807, 2.05) is 26.8 Å². The average molecular weight is 468 g/mol. The summed E-state index contributed by atoms with van der Waals surface area (Å²) in [5.41, 5.74) is 1.80.